The van der Waals surface area contributed by atoms with Crippen LogP contribution in [-0.2, 0) is 9.59 Å². The molecule has 0 N–H and O–H groups in total. The summed E-state index contributed by atoms with van der Waals surface area (Å²) in [6.45, 7) is 4.05. The van der Waals surface area contributed by atoms with Gasteiger partial charge in [0.2, 0.25) is 11.8 Å². The van der Waals surface area contributed by atoms with E-state index in [9.17, 15) is 9.59 Å². The Morgan fingerprint density at radius 2 is 1.68 bits per heavy atom. The largest absolute Gasteiger partial charge is 0.343 e. The predicted octanol–water partition coefficient (Wildman–Crippen LogP) is 2.18. The molecule has 108 valence electrons. The average molecular weight is 266 g/mol. The maximum absolute atomic E-state index is 12.0. The van der Waals surface area contributed by atoms with E-state index in [1.165, 1.54) is 19.3 Å². The monoisotopic (exact) mass is 266 g/mol. The van der Waals surface area contributed by atoms with Crippen LogP contribution in [0.4, 0.5) is 0 Å². The molecule has 1 heterocycles. The first-order chi connectivity index (χ1) is 9.18. The number of likely N-dealkylation sites (tertiary alicyclic amines) is 1. The molecule has 2 rings (SSSR count). The molecule has 2 aliphatic rings. The van der Waals surface area contributed by atoms with Crippen molar-refractivity contribution in [2.45, 2.75) is 64.3 Å². The summed E-state index contributed by atoms with van der Waals surface area (Å²) in [4.78, 5) is 27.7. The maximum Gasteiger partial charge on any atom is 0.224 e. The summed E-state index contributed by atoms with van der Waals surface area (Å²) in [6, 6.07) is 0.373. The van der Waals surface area contributed by atoms with Crippen molar-refractivity contribution in [3.63, 3.8) is 0 Å². The van der Waals surface area contributed by atoms with Crippen LogP contribution < -0.4 is 0 Å². The zero-order valence-electron chi connectivity index (χ0n) is 12.1. The highest BCUT2D eigenvalue weighted by Gasteiger charge is 2.25. The summed E-state index contributed by atoms with van der Waals surface area (Å²) in [5.41, 5.74) is 0. The molecule has 2 amide bonds. The van der Waals surface area contributed by atoms with Crippen molar-refractivity contribution in [1.82, 2.24) is 9.80 Å². The summed E-state index contributed by atoms with van der Waals surface area (Å²) in [7, 11) is 0. The smallest absolute Gasteiger partial charge is 0.224 e. The molecule has 1 aliphatic heterocycles. The van der Waals surface area contributed by atoms with Gasteiger partial charge in [0.1, 0.15) is 0 Å². The lowest BCUT2D eigenvalue weighted by Gasteiger charge is -2.34. The summed E-state index contributed by atoms with van der Waals surface area (Å²) < 4.78 is 0. The Morgan fingerprint density at radius 3 is 2.26 bits per heavy atom. The number of nitrogens with zero attached hydrogens (tertiary/aromatic N) is 2. The molecule has 4 heteroatoms. The Bertz CT molecular complexity index is 318. The molecule has 0 unspecified atom stereocenters. The molecule has 4 nitrogen and oxygen atoms in total. The Morgan fingerprint density at radius 1 is 1.05 bits per heavy atom. The van der Waals surface area contributed by atoms with Crippen molar-refractivity contribution in [2.24, 2.45) is 0 Å². The highest BCUT2D eigenvalue weighted by molar-refractivity contribution is 5.78. The third-order valence-corrected chi connectivity index (χ3v) is 4.45. The molecule has 1 saturated heterocycles. The van der Waals surface area contributed by atoms with Crippen LogP contribution in [0.3, 0.4) is 0 Å². The minimum absolute atomic E-state index is 0.126. The minimum Gasteiger partial charge on any atom is -0.343 e. The summed E-state index contributed by atoms with van der Waals surface area (Å²) >= 11 is 0. The number of carbonyl (C=O) groups is 2. The molecule has 0 atom stereocenters. The van der Waals surface area contributed by atoms with Crippen LogP contribution in [0.2, 0.25) is 0 Å². The zero-order chi connectivity index (χ0) is 13.7. The van der Waals surface area contributed by atoms with Gasteiger partial charge in [-0.25, -0.2) is 0 Å². The van der Waals surface area contributed by atoms with Crippen molar-refractivity contribution in [1.29, 1.82) is 0 Å². The van der Waals surface area contributed by atoms with Gasteiger partial charge in [0.15, 0.2) is 0 Å². The molecule has 2 fully saturated rings. The lowest BCUT2D eigenvalue weighted by atomic mass is 9.94. The molecule has 1 aliphatic carbocycles. The van der Waals surface area contributed by atoms with E-state index >= 15 is 0 Å². The van der Waals surface area contributed by atoms with Gasteiger partial charge in [-0.15, -0.1) is 0 Å². The van der Waals surface area contributed by atoms with Gasteiger partial charge in [-0.2, -0.15) is 0 Å². The van der Waals surface area contributed by atoms with Gasteiger partial charge in [-0.3, -0.25) is 9.59 Å². The van der Waals surface area contributed by atoms with E-state index in [2.05, 4.69) is 0 Å². The molecular formula is C15H26N2O2. The van der Waals surface area contributed by atoms with Gasteiger partial charge >= 0.3 is 0 Å². The Kier molecular flexibility index (Phi) is 5.23. The van der Waals surface area contributed by atoms with E-state index in [1.807, 2.05) is 9.80 Å². The van der Waals surface area contributed by atoms with Crippen molar-refractivity contribution in [3.05, 3.63) is 0 Å². The molecule has 19 heavy (non-hydrogen) atoms. The molecule has 0 aromatic heterocycles. The fourth-order valence-corrected chi connectivity index (χ4v) is 3.33. The maximum atomic E-state index is 12.0. The van der Waals surface area contributed by atoms with Crippen molar-refractivity contribution in [2.75, 3.05) is 19.6 Å². The zero-order valence-corrected chi connectivity index (χ0v) is 12.1. The molecule has 1 saturated carbocycles. The van der Waals surface area contributed by atoms with E-state index in [0.29, 0.717) is 19.0 Å². The van der Waals surface area contributed by atoms with Crippen molar-refractivity contribution < 1.29 is 9.59 Å². The van der Waals surface area contributed by atoms with Crippen LogP contribution in [-0.4, -0.2) is 47.3 Å². The molecular weight excluding hydrogens is 240 g/mol. The normalized spacial score (nSPS) is 20.6. The van der Waals surface area contributed by atoms with E-state index in [-0.39, 0.29) is 11.8 Å². The molecule has 0 radical (unpaired) electrons. The summed E-state index contributed by atoms with van der Waals surface area (Å²) in [5.74, 6) is 0.348. The highest BCUT2D eigenvalue weighted by atomic mass is 16.2. The van der Waals surface area contributed by atoms with Gasteiger partial charge in [-0.1, -0.05) is 19.3 Å². The number of hydrogen-bond donors (Lipinski definition) is 0. The molecule has 0 bridgehead atoms. The lowest BCUT2D eigenvalue weighted by molar-refractivity contribution is -0.134. The van der Waals surface area contributed by atoms with Gasteiger partial charge in [-0.05, 0) is 25.7 Å². The number of rotatable bonds is 4. The van der Waals surface area contributed by atoms with Crippen LogP contribution >= 0.6 is 0 Å². The second-order valence-electron chi connectivity index (χ2n) is 5.84. The Balaban J connectivity index is 1.82. The molecule has 0 aromatic carbocycles. The van der Waals surface area contributed by atoms with Gasteiger partial charge in [0, 0.05) is 39.0 Å². The Hall–Kier alpha value is -1.06. The SMILES string of the molecule is CC(=O)N(CCC(=O)N1CCCC1)C1CCCCC1. The van der Waals surface area contributed by atoms with Crippen LogP contribution in [0.15, 0.2) is 0 Å². The summed E-state index contributed by atoms with van der Waals surface area (Å²) in [5, 5.41) is 0. The second-order valence-corrected chi connectivity index (χ2v) is 5.84. The van der Waals surface area contributed by atoms with Crippen molar-refractivity contribution in [3.8, 4) is 0 Å². The van der Waals surface area contributed by atoms with E-state index in [4.69, 9.17) is 0 Å². The molecule has 0 spiro atoms. The van der Waals surface area contributed by atoms with Crippen molar-refractivity contribution >= 4 is 11.8 Å². The lowest BCUT2D eigenvalue weighted by Crippen LogP contribution is -2.42. The standard InChI is InChI=1S/C15H26N2O2/c1-13(18)17(14-7-3-2-4-8-14)12-9-15(19)16-10-5-6-11-16/h14H,2-12H2,1H3. The topological polar surface area (TPSA) is 40.6 Å². The first-order valence-electron chi connectivity index (χ1n) is 7.73. The van der Waals surface area contributed by atoms with Gasteiger partial charge in [0.25, 0.3) is 0 Å². The first kappa shape index (κ1) is 14.4. The summed E-state index contributed by atoms with van der Waals surface area (Å²) in [6.07, 6.45) is 8.69. The van der Waals surface area contributed by atoms with Crippen LogP contribution in [0.25, 0.3) is 0 Å². The fraction of sp³-hybridized carbons (Fsp3) is 0.867. The van der Waals surface area contributed by atoms with Crippen LogP contribution in [0, 0.1) is 0 Å². The number of hydrogen-bond acceptors (Lipinski definition) is 2. The predicted molar refractivity (Wildman–Crippen MR) is 74.7 cm³/mol. The highest BCUT2D eigenvalue weighted by Crippen LogP contribution is 2.23. The second kappa shape index (κ2) is 6.92. The minimum atomic E-state index is 0.126. The Labute approximate surface area is 116 Å². The first-order valence-corrected chi connectivity index (χ1v) is 7.73. The van der Waals surface area contributed by atoms with E-state index < -0.39 is 0 Å². The van der Waals surface area contributed by atoms with E-state index in [0.717, 1.165) is 38.8 Å². The van der Waals surface area contributed by atoms with E-state index in [1.54, 1.807) is 6.92 Å². The fourth-order valence-electron chi connectivity index (χ4n) is 3.33. The van der Waals surface area contributed by atoms with Gasteiger partial charge < -0.3 is 9.80 Å². The van der Waals surface area contributed by atoms with Crippen LogP contribution in [0.5, 0.6) is 0 Å². The third kappa shape index (κ3) is 3.95. The third-order valence-electron chi connectivity index (χ3n) is 4.45. The number of carbonyl (C=O) groups excluding carboxylic acids is 2. The molecule has 0 aromatic rings. The average Bonchev–Trinajstić information content (AvgIpc) is 2.93. The van der Waals surface area contributed by atoms with Gasteiger partial charge in [0.05, 0.1) is 0 Å². The van der Waals surface area contributed by atoms with Crippen LogP contribution in [0.1, 0.15) is 58.3 Å². The number of amides is 2. The quantitative estimate of drug-likeness (QED) is 0.782.